The van der Waals surface area contributed by atoms with Crippen LogP contribution in [0.4, 0.5) is 4.39 Å². The first-order valence-electron chi connectivity index (χ1n) is 5.48. The maximum Gasteiger partial charge on any atom is 0.137 e. The average Bonchev–Trinajstić information content (AvgIpc) is 2.32. The van der Waals surface area contributed by atoms with Crippen molar-refractivity contribution >= 4 is 27.7 Å². The second-order valence-corrected chi connectivity index (χ2v) is 5.86. The van der Waals surface area contributed by atoms with Crippen molar-refractivity contribution in [2.45, 2.75) is 22.8 Å². The smallest absolute Gasteiger partial charge is 0.137 e. The van der Waals surface area contributed by atoms with E-state index in [-0.39, 0.29) is 5.82 Å². The first-order valence-corrected chi connectivity index (χ1v) is 7.09. The van der Waals surface area contributed by atoms with E-state index in [1.165, 1.54) is 17.8 Å². The predicted octanol–water partition coefficient (Wildman–Crippen LogP) is 4.79. The van der Waals surface area contributed by atoms with Crippen LogP contribution >= 0.6 is 27.7 Å². The minimum atomic E-state index is -0.521. The van der Waals surface area contributed by atoms with Gasteiger partial charge in [0.15, 0.2) is 0 Å². The molecule has 0 fully saturated rings. The Bertz CT molecular complexity index is 557. The van der Waals surface area contributed by atoms with E-state index in [0.717, 1.165) is 14.9 Å². The Labute approximate surface area is 118 Å². The molecule has 1 nitrogen and oxygen atoms in total. The van der Waals surface area contributed by atoms with Crippen molar-refractivity contribution in [1.29, 1.82) is 0 Å². The fourth-order valence-corrected chi connectivity index (χ4v) is 3.31. The molecule has 0 aromatic heterocycles. The Morgan fingerprint density at radius 1 is 1.22 bits per heavy atom. The van der Waals surface area contributed by atoms with Crippen molar-refractivity contribution in [3.8, 4) is 0 Å². The predicted molar refractivity (Wildman–Crippen MR) is 75.3 cm³/mol. The molecule has 0 unspecified atom stereocenters. The SMILES string of the molecule is C[C@H](O)c1ccc(Sc2ccccc2F)cc1Br. The summed E-state index contributed by atoms with van der Waals surface area (Å²) in [5.41, 5.74) is 0.827. The summed E-state index contributed by atoms with van der Waals surface area (Å²) < 4.78 is 14.3. The van der Waals surface area contributed by atoms with Gasteiger partial charge in [-0.1, -0.05) is 45.9 Å². The van der Waals surface area contributed by atoms with Crippen LogP contribution in [0.25, 0.3) is 0 Å². The molecule has 4 heteroatoms. The van der Waals surface area contributed by atoms with Gasteiger partial charge in [0, 0.05) is 14.3 Å². The zero-order valence-electron chi connectivity index (χ0n) is 9.73. The number of aliphatic hydroxyl groups excluding tert-OH is 1. The fourth-order valence-electron chi connectivity index (χ4n) is 1.56. The van der Waals surface area contributed by atoms with Gasteiger partial charge in [-0.3, -0.25) is 0 Å². The van der Waals surface area contributed by atoms with Crippen molar-refractivity contribution in [3.05, 3.63) is 58.3 Å². The standard InChI is InChI=1S/C14H12BrFOS/c1-9(17)11-7-6-10(8-12(11)15)18-14-5-3-2-4-13(14)16/h2-9,17H,1H3/t9-/m0/s1. The monoisotopic (exact) mass is 326 g/mol. The first-order chi connectivity index (χ1) is 8.58. The Morgan fingerprint density at radius 2 is 1.94 bits per heavy atom. The molecular formula is C14H12BrFOS. The van der Waals surface area contributed by atoms with Crippen molar-refractivity contribution in [2.75, 3.05) is 0 Å². The Kier molecular flexibility index (Phi) is 4.43. The fraction of sp³-hybridized carbons (Fsp3) is 0.143. The minimum Gasteiger partial charge on any atom is -0.389 e. The highest BCUT2D eigenvalue weighted by molar-refractivity contribution is 9.10. The number of rotatable bonds is 3. The summed E-state index contributed by atoms with van der Waals surface area (Å²) in [7, 11) is 0. The number of hydrogen-bond donors (Lipinski definition) is 1. The van der Waals surface area contributed by atoms with Crippen molar-refractivity contribution in [1.82, 2.24) is 0 Å². The lowest BCUT2D eigenvalue weighted by molar-refractivity contribution is 0.198. The summed E-state index contributed by atoms with van der Waals surface area (Å²) in [5.74, 6) is -0.224. The topological polar surface area (TPSA) is 20.2 Å². The number of halogens is 2. The van der Waals surface area contributed by atoms with Crippen LogP contribution in [0.3, 0.4) is 0 Å². The Balaban J connectivity index is 2.26. The van der Waals surface area contributed by atoms with E-state index in [2.05, 4.69) is 15.9 Å². The van der Waals surface area contributed by atoms with Gasteiger partial charge in [-0.25, -0.2) is 4.39 Å². The quantitative estimate of drug-likeness (QED) is 0.874. The van der Waals surface area contributed by atoms with Gasteiger partial charge in [-0.05, 0) is 36.8 Å². The van der Waals surface area contributed by atoms with Gasteiger partial charge in [0.25, 0.3) is 0 Å². The van der Waals surface area contributed by atoms with Crippen LogP contribution < -0.4 is 0 Å². The summed E-state index contributed by atoms with van der Waals surface area (Å²) in [6.07, 6.45) is -0.521. The molecular weight excluding hydrogens is 315 g/mol. The van der Waals surface area contributed by atoms with Crippen LogP contribution in [-0.4, -0.2) is 5.11 Å². The zero-order valence-corrected chi connectivity index (χ0v) is 12.1. The molecule has 0 radical (unpaired) electrons. The summed E-state index contributed by atoms with van der Waals surface area (Å²) in [5, 5.41) is 9.53. The maximum atomic E-state index is 13.5. The molecule has 1 atom stereocenters. The van der Waals surface area contributed by atoms with Crippen molar-refractivity contribution in [3.63, 3.8) is 0 Å². The summed E-state index contributed by atoms with van der Waals surface area (Å²) in [6, 6.07) is 12.3. The Hall–Kier alpha value is -0.840. The second kappa shape index (κ2) is 5.87. The number of hydrogen-bond acceptors (Lipinski definition) is 2. The van der Waals surface area contributed by atoms with Gasteiger partial charge < -0.3 is 5.11 Å². The third-order valence-electron chi connectivity index (χ3n) is 2.49. The van der Waals surface area contributed by atoms with Gasteiger partial charge in [-0.15, -0.1) is 0 Å². The van der Waals surface area contributed by atoms with Crippen molar-refractivity contribution in [2.24, 2.45) is 0 Å². The highest BCUT2D eigenvalue weighted by Crippen LogP contribution is 2.33. The minimum absolute atomic E-state index is 0.224. The molecule has 0 amide bonds. The van der Waals surface area contributed by atoms with E-state index in [1.54, 1.807) is 19.1 Å². The molecule has 2 rings (SSSR count). The van der Waals surface area contributed by atoms with Gasteiger partial charge in [0.2, 0.25) is 0 Å². The van der Waals surface area contributed by atoms with Crippen LogP contribution in [-0.2, 0) is 0 Å². The molecule has 0 heterocycles. The summed E-state index contributed by atoms with van der Waals surface area (Å²) in [4.78, 5) is 1.52. The average molecular weight is 327 g/mol. The van der Waals surface area contributed by atoms with E-state index in [4.69, 9.17) is 0 Å². The molecule has 18 heavy (non-hydrogen) atoms. The van der Waals surface area contributed by atoms with Gasteiger partial charge in [0.05, 0.1) is 6.10 Å². The molecule has 2 aromatic carbocycles. The van der Waals surface area contributed by atoms with Crippen LogP contribution in [0.5, 0.6) is 0 Å². The lowest BCUT2D eigenvalue weighted by Gasteiger charge is -2.09. The second-order valence-electron chi connectivity index (χ2n) is 3.89. The maximum absolute atomic E-state index is 13.5. The summed E-state index contributed by atoms with van der Waals surface area (Å²) in [6.45, 7) is 1.71. The third-order valence-corrected chi connectivity index (χ3v) is 4.21. The number of benzene rings is 2. The van der Waals surface area contributed by atoms with Crippen LogP contribution in [0, 0.1) is 5.82 Å². The van der Waals surface area contributed by atoms with E-state index in [9.17, 15) is 9.50 Å². The highest BCUT2D eigenvalue weighted by atomic mass is 79.9. The highest BCUT2D eigenvalue weighted by Gasteiger charge is 2.08. The van der Waals surface area contributed by atoms with E-state index in [0.29, 0.717) is 4.90 Å². The molecule has 0 aliphatic rings. The van der Waals surface area contributed by atoms with E-state index in [1.807, 2.05) is 24.3 Å². The van der Waals surface area contributed by atoms with Crippen LogP contribution in [0.2, 0.25) is 0 Å². The lowest BCUT2D eigenvalue weighted by atomic mass is 10.1. The molecule has 0 aliphatic carbocycles. The Morgan fingerprint density at radius 3 is 2.56 bits per heavy atom. The van der Waals surface area contributed by atoms with Crippen LogP contribution in [0.1, 0.15) is 18.6 Å². The lowest BCUT2D eigenvalue weighted by Crippen LogP contribution is -1.92. The molecule has 0 saturated carbocycles. The molecule has 0 spiro atoms. The first kappa shape index (κ1) is 13.6. The molecule has 94 valence electrons. The molecule has 0 bridgehead atoms. The third kappa shape index (κ3) is 3.13. The van der Waals surface area contributed by atoms with Gasteiger partial charge in [-0.2, -0.15) is 0 Å². The molecule has 0 saturated heterocycles. The van der Waals surface area contributed by atoms with E-state index >= 15 is 0 Å². The van der Waals surface area contributed by atoms with Gasteiger partial charge in [0.1, 0.15) is 5.82 Å². The normalized spacial score (nSPS) is 12.4. The zero-order chi connectivity index (χ0) is 13.1. The van der Waals surface area contributed by atoms with Crippen molar-refractivity contribution < 1.29 is 9.50 Å². The van der Waals surface area contributed by atoms with Gasteiger partial charge >= 0.3 is 0 Å². The van der Waals surface area contributed by atoms with E-state index < -0.39 is 6.10 Å². The molecule has 0 aliphatic heterocycles. The van der Waals surface area contributed by atoms with Crippen LogP contribution in [0.15, 0.2) is 56.7 Å². The largest absolute Gasteiger partial charge is 0.389 e. The molecule has 1 N–H and O–H groups in total. The number of aliphatic hydroxyl groups is 1. The summed E-state index contributed by atoms with van der Waals surface area (Å²) >= 11 is 4.77. The molecule has 2 aromatic rings.